The number of ether oxygens (including phenoxy) is 3. The Morgan fingerprint density at radius 2 is 1.84 bits per heavy atom. The standard InChI is InChI=1S/C36H36F3N7O5/c1-22(47)51-21-28-10-8-26(18-42-28)33-30-20-40-14-15-46(30,43-19-25-9-11-29(49-2)17-31(25)50-3)34(45-33)23-4-6-24(7-5-23)35(48)44-32-16-27(12-13-41-32)36(37,38)39/h4-7,9,11-17,20,26,28,42-43H,8,10,18-19,21H2,1-3H3/p+1/t26-,28-,46?/m0/s1. The molecule has 0 spiro atoms. The minimum atomic E-state index is -4.57. The van der Waals surface area contributed by atoms with Gasteiger partial charge in [-0.15, -0.1) is 10.0 Å². The first-order chi connectivity index (χ1) is 24.5. The molecule has 3 aliphatic rings. The number of benzene rings is 2. The quantitative estimate of drug-likeness (QED) is 0.180. The second kappa shape index (κ2) is 14.8. The van der Waals surface area contributed by atoms with Crippen LogP contribution in [0.4, 0.5) is 19.0 Å². The van der Waals surface area contributed by atoms with Crippen molar-refractivity contribution in [3.05, 3.63) is 107 Å². The van der Waals surface area contributed by atoms with Crippen molar-refractivity contribution in [2.75, 3.05) is 32.7 Å². The normalized spacial score (nSPS) is 21.2. The number of quaternary nitrogens is 1. The number of amides is 1. The number of allylic oxidation sites excluding steroid dienone is 1. The maximum absolute atomic E-state index is 13.2. The first-order valence-corrected chi connectivity index (χ1v) is 16.2. The number of carbonyl (C=O) groups is 2. The van der Waals surface area contributed by atoms with Gasteiger partial charge in [0.05, 0.1) is 44.3 Å². The fourth-order valence-electron chi connectivity index (χ4n) is 6.24. The maximum atomic E-state index is 13.2. The van der Waals surface area contributed by atoms with Crippen molar-refractivity contribution in [2.45, 2.75) is 38.5 Å². The van der Waals surface area contributed by atoms with Crippen LogP contribution in [0.2, 0.25) is 0 Å². The number of piperidine rings is 1. The maximum Gasteiger partial charge on any atom is 0.416 e. The Labute approximate surface area is 292 Å². The molecule has 0 aliphatic carbocycles. The minimum absolute atomic E-state index is 0.0150. The van der Waals surface area contributed by atoms with Crippen molar-refractivity contribution in [3.8, 4) is 11.5 Å². The first-order valence-electron chi connectivity index (χ1n) is 16.2. The van der Waals surface area contributed by atoms with Crippen LogP contribution < -0.4 is 25.5 Å². The minimum Gasteiger partial charge on any atom is -0.497 e. The lowest BCUT2D eigenvalue weighted by molar-refractivity contribution is -0.791. The predicted molar refractivity (Wildman–Crippen MR) is 183 cm³/mol. The van der Waals surface area contributed by atoms with Crippen LogP contribution in [0, 0.1) is 5.92 Å². The average molecular weight is 705 g/mol. The molecule has 0 saturated carbocycles. The van der Waals surface area contributed by atoms with E-state index >= 15 is 0 Å². The molecule has 1 amide bonds. The molecule has 15 heteroatoms. The van der Waals surface area contributed by atoms with Crippen LogP contribution >= 0.6 is 0 Å². The Kier molecular flexibility index (Phi) is 10.3. The molecule has 12 nitrogen and oxygen atoms in total. The molecule has 4 heterocycles. The van der Waals surface area contributed by atoms with Gasteiger partial charge in [0.25, 0.3) is 11.7 Å². The number of rotatable bonds is 11. The fourth-order valence-corrected chi connectivity index (χ4v) is 6.24. The predicted octanol–water partition coefficient (Wildman–Crippen LogP) is 5.35. The second-order valence-electron chi connectivity index (χ2n) is 12.2. The Bertz CT molecular complexity index is 1920. The average Bonchev–Trinajstić information content (AvgIpc) is 3.48. The summed E-state index contributed by atoms with van der Waals surface area (Å²) in [6, 6.07) is 13.9. The van der Waals surface area contributed by atoms with Crippen LogP contribution in [0.3, 0.4) is 0 Å². The summed E-state index contributed by atoms with van der Waals surface area (Å²) in [7, 11) is 3.18. The number of hydrogen-bond acceptors (Lipinski definition) is 10. The summed E-state index contributed by atoms with van der Waals surface area (Å²) in [5.74, 6) is 0.789. The van der Waals surface area contributed by atoms with E-state index < -0.39 is 17.6 Å². The number of pyridine rings is 1. The summed E-state index contributed by atoms with van der Waals surface area (Å²) in [4.78, 5) is 38.0. The van der Waals surface area contributed by atoms with Gasteiger partial charge in [0.15, 0.2) is 0 Å². The van der Waals surface area contributed by atoms with E-state index in [1.54, 1.807) is 50.9 Å². The molecule has 3 aromatic rings. The zero-order chi connectivity index (χ0) is 36.2. The zero-order valence-electron chi connectivity index (χ0n) is 28.2. The molecule has 0 radical (unpaired) electrons. The molecule has 1 unspecified atom stereocenters. The summed E-state index contributed by atoms with van der Waals surface area (Å²) < 4.78 is 55.9. The van der Waals surface area contributed by atoms with Crippen LogP contribution in [-0.4, -0.2) is 66.9 Å². The highest BCUT2D eigenvalue weighted by Crippen LogP contribution is 2.39. The largest absolute Gasteiger partial charge is 0.497 e. The number of hydrogen-bond donors (Lipinski definition) is 3. The molecule has 3 aliphatic heterocycles. The van der Waals surface area contributed by atoms with Gasteiger partial charge in [0.1, 0.15) is 35.8 Å². The summed E-state index contributed by atoms with van der Waals surface area (Å²) >= 11 is 0. The van der Waals surface area contributed by atoms with Gasteiger partial charge in [0, 0.05) is 48.8 Å². The monoisotopic (exact) mass is 704 g/mol. The van der Waals surface area contributed by atoms with Crippen LogP contribution in [-0.2, 0) is 22.3 Å². The Morgan fingerprint density at radius 3 is 2.53 bits per heavy atom. The number of aliphatic imine (C=N–C) groups is 2. The molecule has 1 saturated heterocycles. The molecular formula is C36H37F3N7O5+. The topological polar surface area (TPSA) is 136 Å². The lowest BCUT2D eigenvalue weighted by Crippen LogP contribution is -2.56. The van der Waals surface area contributed by atoms with Crippen molar-refractivity contribution in [1.29, 1.82) is 0 Å². The molecule has 6 rings (SSSR count). The van der Waals surface area contributed by atoms with E-state index in [0.29, 0.717) is 42.6 Å². The Morgan fingerprint density at radius 1 is 1.04 bits per heavy atom. The summed E-state index contributed by atoms with van der Waals surface area (Å²) in [6.45, 7) is 2.65. The van der Waals surface area contributed by atoms with E-state index in [1.165, 1.54) is 6.92 Å². The first kappa shape index (κ1) is 35.4. The number of nitrogens with one attached hydrogen (secondary N) is 3. The van der Waals surface area contributed by atoms with Gasteiger partial charge in [-0.2, -0.15) is 18.2 Å². The second-order valence-corrected chi connectivity index (χ2v) is 12.2. The van der Waals surface area contributed by atoms with Crippen molar-refractivity contribution in [2.24, 2.45) is 15.9 Å². The number of carbonyl (C=O) groups excluding carboxylic acids is 2. The van der Waals surface area contributed by atoms with Gasteiger partial charge in [-0.25, -0.2) is 4.98 Å². The number of alkyl halides is 3. The van der Waals surface area contributed by atoms with Gasteiger partial charge in [-0.05, 0) is 55.3 Å². The van der Waals surface area contributed by atoms with E-state index in [9.17, 15) is 22.8 Å². The molecule has 2 aromatic carbocycles. The smallest absolute Gasteiger partial charge is 0.416 e. The number of amidine groups is 1. The van der Waals surface area contributed by atoms with Crippen molar-refractivity contribution < 1.29 is 41.6 Å². The fraction of sp³-hybridized carbons (Fsp3) is 0.306. The third-order valence-electron chi connectivity index (χ3n) is 8.91. The van der Waals surface area contributed by atoms with Gasteiger partial charge >= 0.3 is 12.1 Å². The molecular weight excluding hydrogens is 667 g/mol. The summed E-state index contributed by atoms with van der Waals surface area (Å²) in [6.07, 6.45) is 3.37. The highest BCUT2D eigenvalue weighted by Gasteiger charge is 2.48. The highest BCUT2D eigenvalue weighted by atomic mass is 19.4. The van der Waals surface area contributed by atoms with E-state index in [2.05, 4.69) is 26.0 Å². The highest BCUT2D eigenvalue weighted by molar-refractivity contribution is 6.05. The summed E-state index contributed by atoms with van der Waals surface area (Å²) in [5, 5.41) is 5.94. The lowest BCUT2D eigenvalue weighted by atomic mass is 9.91. The number of aromatic nitrogens is 1. The number of halogens is 3. The number of methoxy groups -OCH3 is 2. The van der Waals surface area contributed by atoms with Crippen LogP contribution in [0.25, 0.3) is 0 Å². The van der Waals surface area contributed by atoms with E-state index in [4.69, 9.17) is 19.2 Å². The van der Waals surface area contributed by atoms with Crippen LogP contribution in [0.1, 0.15) is 46.8 Å². The van der Waals surface area contributed by atoms with Crippen LogP contribution in [0.15, 0.2) is 94.6 Å². The number of esters is 1. The third-order valence-corrected chi connectivity index (χ3v) is 8.91. The lowest BCUT2D eigenvalue weighted by Gasteiger charge is -2.33. The van der Waals surface area contributed by atoms with Crippen molar-refractivity contribution in [1.82, 2.24) is 15.7 Å². The molecule has 51 heavy (non-hydrogen) atoms. The third kappa shape index (κ3) is 7.70. The molecule has 1 fully saturated rings. The molecule has 266 valence electrons. The zero-order valence-corrected chi connectivity index (χ0v) is 28.2. The molecule has 0 bridgehead atoms. The molecule has 1 aromatic heterocycles. The van der Waals surface area contributed by atoms with Crippen molar-refractivity contribution >= 4 is 29.7 Å². The number of nitrogens with zero attached hydrogens (tertiary/aromatic N) is 4. The van der Waals surface area contributed by atoms with E-state index in [1.807, 2.05) is 24.4 Å². The SMILES string of the molecule is COc1ccc(CN[N+]23C=CN=CC2=C([C@H]2CC[C@@H](COC(C)=O)NC2)N=C3c2ccc(C(=O)Nc3cc(C(F)(F)F)ccn3)cc2)c(OC)c1. The number of anilines is 1. The van der Waals surface area contributed by atoms with Crippen molar-refractivity contribution in [3.63, 3.8) is 0 Å². The van der Waals surface area contributed by atoms with Gasteiger partial charge in [0.2, 0.25) is 5.70 Å². The number of fused-ring (bicyclic) bond motifs is 1. The summed E-state index contributed by atoms with van der Waals surface area (Å²) in [5.41, 5.74) is 6.20. The Hall–Kier alpha value is -5.38. The van der Waals surface area contributed by atoms with Gasteiger partial charge in [-0.3, -0.25) is 14.6 Å². The van der Waals surface area contributed by atoms with Gasteiger partial charge < -0.3 is 24.8 Å². The molecule has 3 atom stereocenters. The van der Waals surface area contributed by atoms with E-state index in [0.717, 1.165) is 48.1 Å². The van der Waals surface area contributed by atoms with Gasteiger partial charge in [-0.1, -0.05) is 6.07 Å². The van der Waals surface area contributed by atoms with E-state index in [-0.39, 0.29) is 33.9 Å². The Balaban J connectivity index is 1.30. The van der Waals surface area contributed by atoms with Crippen LogP contribution in [0.5, 0.6) is 11.5 Å². The molecule has 3 N–H and O–H groups in total.